The number of fused-ring (bicyclic) bond motifs is 1. The van der Waals surface area contributed by atoms with Crippen LogP contribution in [0.1, 0.15) is 22.6 Å². The predicted molar refractivity (Wildman–Crippen MR) is 49.7 cm³/mol. The second-order valence-corrected chi connectivity index (χ2v) is 4.16. The van der Waals surface area contributed by atoms with Gasteiger partial charge in [-0.2, -0.15) is 0 Å². The first-order valence-electron chi connectivity index (χ1n) is 3.90. The van der Waals surface area contributed by atoms with E-state index >= 15 is 0 Å². The number of hydrogen-bond donors (Lipinski definition) is 2. The lowest BCUT2D eigenvalue weighted by atomic mass is 10.3. The Kier molecular flexibility index (Phi) is 1.87. The summed E-state index contributed by atoms with van der Waals surface area (Å²) in [7, 11) is 0. The fraction of sp³-hybridized carbons (Fsp3) is 0.375. The van der Waals surface area contributed by atoms with Gasteiger partial charge in [-0.25, -0.2) is 4.98 Å². The smallest absolute Gasteiger partial charge is 0.196 e. The summed E-state index contributed by atoms with van der Waals surface area (Å²) in [5.74, 6) is 0. The van der Waals surface area contributed by atoms with Crippen molar-refractivity contribution in [1.82, 2.24) is 9.38 Å². The van der Waals surface area contributed by atoms with Gasteiger partial charge in [0.1, 0.15) is 5.69 Å². The number of aryl methyl sites for hydroxylation is 2. The minimum atomic E-state index is -1.45. The molecule has 0 atom stereocenters. The predicted octanol–water partition coefficient (Wildman–Crippen LogP) is 0.996. The van der Waals surface area contributed by atoms with Gasteiger partial charge in [0.2, 0.25) is 0 Å². The van der Waals surface area contributed by atoms with E-state index < -0.39 is 6.29 Å². The molecule has 0 radical (unpaired) electrons. The zero-order valence-corrected chi connectivity index (χ0v) is 8.17. The molecule has 0 unspecified atom stereocenters. The molecular weight excluding hydrogens is 188 g/mol. The lowest BCUT2D eigenvalue weighted by molar-refractivity contribution is -0.0468. The molecule has 0 fully saturated rings. The van der Waals surface area contributed by atoms with Crippen LogP contribution in [0.5, 0.6) is 0 Å². The Labute approximate surface area is 79.1 Å². The molecule has 2 aromatic rings. The lowest BCUT2D eigenvalue weighted by Gasteiger charge is -2.01. The summed E-state index contributed by atoms with van der Waals surface area (Å²) in [5, 5.41) is 18.2. The van der Waals surface area contributed by atoms with Crippen molar-refractivity contribution in [2.24, 2.45) is 0 Å². The third-order valence-corrected chi connectivity index (χ3v) is 2.81. The molecule has 0 amide bonds. The number of nitrogens with zero attached hydrogens (tertiary/aromatic N) is 2. The van der Waals surface area contributed by atoms with Crippen LogP contribution in [0.25, 0.3) is 4.96 Å². The summed E-state index contributed by atoms with van der Waals surface area (Å²) in [5.41, 5.74) is 1.13. The van der Waals surface area contributed by atoms with Crippen molar-refractivity contribution in [2.45, 2.75) is 20.1 Å². The van der Waals surface area contributed by atoms with E-state index in [2.05, 4.69) is 4.98 Å². The first kappa shape index (κ1) is 8.68. The molecule has 0 aliphatic heterocycles. The number of rotatable bonds is 1. The van der Waals surface area contributed by atoms with E-state index in [-0.39, 0.29) is 0 Å². The third kappa shape index (κ3) is 1.25. The Hall–Kier alpha value is -0.910. The van der Waals surface area contributed by atoms with Crippen LogP contribution in [0, 0.1) is 13.8 Å². The van der Waals surface area contributed by atoms with E-state index in [0.29, 0.717) is 11.4 Å². The van der Waals surface area contributed by atoms with Crippen LogP contribution in [0.15, 0.2) is 6.20 Å². The molecule has 0 aliphatic carbocycles. The number of aromatic nitrogens is 2. The van der Waals surface area contributed by atoms with E-state index in [1.165, 1.54) is 11.3 Å². The summed E-state index contributed by atoms with van der Waals surface area (Å²) in [6.45, 7) is 3.73. The lowest BCUT2D eigenvalue weighted by Crippen LogP contribution is -2.00. The van der Waals surface area contributed by atoms with Crippen LogP contribution in [-0.4, -0.2) is 19.6 Å². The van der Waals surface area contributed by atoms with E-state index in [1.807, 2.05) is 13.1 Å². The first-order valence-corrected chi connectivity index (χ1v) is 4.72. The highest BCUT2D eigenvalue weighted by Gasteiger charge is 2.15. The molecular formula is C8H10N2O2S. The van der Waals surface area contributed by atoms with E-state index in [0.717, 1.165) is 9.84 Å². The average Bonchev–Trinajstić information content (AvgIpc) is 2.41. The second-order valence-electron chi connectivity index (χ2n) is 2.95. The monoisotopic (exact) mass is 198 g/mol. The topological polar surface area (TPSA) is 57.8 Å². The highest BCUT2D eigenvalue weighted by atomic mass is 32.1. The maximum Gasteiger partial charge on any atom is 0.196 e. The van der Waals surface area contributed by atoms with Gasteiger partial charge < -0.3 is 10.2 Å². The molecule has 5 heteroatoms. The summed E-state index contributed by atoms with van der Waals surface area (Å²) in [6.07, 6.45) is 0.401. The number of thiazole rings is 1. The van der Waals surface area contributed by atoms with Gasteiger partial charge in [-0.3, -0.25) is 4.40 Å². The average molecular weight is 198 g/mol. The third-order valence-electron chi connectivity index (χ3n) is 1.91. The summed E-state index contributed by atoms with van der Waals surface area (Å²) in [4.78, 5) is 6.12. The van der Waals surface area contributed by atoms with Crippen molar-refractivity contribution < 1.29 is 10.2 Å². The maximum absolute atomic E-state index is 9.10. The van der Waals surface area contributed by atoms with Gasteiger partial charge in [0.05, 0.1) is 5.69 Å². The van der Waals surface area contributed by atoms with Gasteiger partial charge in [0.25, 0.3) is 0 Å². The van der Waals surface area contributed by atoms with Crippen LogP contribution in [0.3, 0.4) is 0 Å². The van der Waals surface area contributed by atoms with E-state index in [1.54, 1.807) is 11.3 Å². The molecule has 0 spiro atoms. The molecule has 2 N–H and O–H groups in total. The van der Waals surface area contributed by atoms with Crippen molar-refractivity contribution >= 4 is 16.3 Å². The Bertz CT molecular complexity index is 444. The molecule has 4 nitrogen and oxygen atoms in total. The van der Waals surface area contributed by atoms with Gasteiger partial charge in [0.15, 0.2) is 11.3 Å². The normalized spacial score (nSPS) is 11.8. The minimum Gasteiger partial charge on any atom is -0.363 e. The number of hydrogen-bond acceptors (Lipinski definition) is 4. The van der Waals surface area contributed by atoms with Crippen molar-refractivity contribution in [3.63, 3.8) is 0 Å². The Morgan fingerprint density at radius 1 is 1.46 bits per heavy atom. The maximum atomic E-state index is 9.10. The molecule has 70 valence electrons. The van der Waals surface area contributed by atoms with Crippen LogP contribution >= 0.6 is 11.3 Å². The highest BCUT2D eigenvalue weighted by Crippen LogP contribution is 2.23. The van der Waals surface area contributed by atoms with Crippen molar-refractivity contribution in [3.8, 4) is 0 Å². The van der Waals surface area contributed by atoms with Crippen molar-refractivity contribution in [1.29, 1.82) is 0 Å². The van der Waals surface area contributed by atoms with Crippen LogP contribution in [0.2, 0.25) is 0 Å². The van der Waals surface area contributed by atoms with Crippen LogP contribution in [-0.2, 0) is 0 Å². The molecule has 2 aromatic heterocycles. The highest BCUT2D eigenvalue weighted by molar-refractivity contribution is 7.17. The second kappa shape index (κ2) is 2.80. The minimum absolute atomic E-state index is 0.458. The zero-order valence-electron chi connectivity index (χ0n) is 7.35. The first-order chi connectivity index (χ1) is 6.09. The molecule has 2 rings (SSSR count). The van der Waals surface area contributed by atoms with Crippen LogP contribution in [0.4, 0.5) is 0 Å². The molecule has 0 aromatic carbocycles. The quantitative estimate of drug-likeness (QED) is 0.672. The summed E-state index contributed by atoms with van der Waals surface area (Å²) >= 11 is 1.53. The number of imidazole rings is 1. The van der Waals surface area contributed by atoms with Gasteiger partial charge in [-0.1, -0.05) is 0 Å². The van der Waals surface area contributed by atoms with Gasteiger partial charge >= 0.3 is 0 Å². The van der Waals surface area contributed by atoms with Crippen LogP contribution < -0.4 is 0 Å². The Morgan fingerprint density at radius 3 is 2.77 bits per heavy atom. The van der Waals surface area contributed by atoms with Crippen molar-refractivity contribution in [3.05, 3.63) is 22.5 Å². The van der Waals surface area contributed by atoms with Gasteiger partial charge in [0, 0.05) is 11.1 Å². The molecule has 2 heterocycles. The SMILES string of the molecule is Cc1cn2c(C(O)O)c(C)nc2s1. The summed E-state index contributed by atoms with van der Waals surface area (Å²) < 4.78 is 1.72. The molecule has 0 saturated heterocycles. The standard InChI is InChI=1S/C8H10N2O2S/c1-4-3-10-6(7(11)12)5(2)9-8(10)13-4/h3,7,11-12H,1-2H3. The zero-order chi connectivity index (χ0) is 9.59. The molecule has 0 bridgehead atoms. The fourth-order valence-electron chi connectivity index (χ4n) is 1.39. The van der Waals surface area contributed by atoms with E-state index in [4.69, 9.17) is 10.2 Å². The van der Waals surface area contributed by atoms with Crippen molar-refractivity contribution in [2.75, 3.05) is 0 Å². The Morgan fingerprint density at radius 2 is 2.15 bits per heavy atom. The number of aliphatic hydroxyl groups excluding tert-OH is 1. The Balaban J connectivity index is 2.75. The van der Waals surface area contributed by atoms with Gasteiger partial charge in [-0.05, 0) is 13.8 Å². The van der Waals surface area contributed by atoms with E-state index in [9.17, 15) is 0 Å². The molecule has 0 saturated carbocycles. The largest absolute Gasteiger partial charge is 0.363 e. The summed E-state index contributed by atoms with van der Waals surface area (Å²) in [6, 6.07) is 0. The molecule has 0 aliphatic rings. The number of aliphatic hydroxyl groups is 2. The van der Waals surface area contributed by atoms with Gasteiger partial charge in [-0.15, -0.1) is 11.3 Å². The molecule has 13 heavy (non-hydrogen) atoms. The fourth-order valence-corrected chi connectivity index (χ4v) is 2.27.